The van der Waals surface area contributed by atoms with Crippen molar-refractivity contribution < 1.29 is 75.4 Å². The highest BCUT2D eigenvalue weighted by molar-refractivity contribution is 5.81. The summed E-state index contributed by atoms with van der Waals surface area (Å²) in [6, 6.07) is 0. The molecule has 0 saturated heterocycles. The number of hydrogen-bond acceptors (Lipinski definition) is 2. The molecule has 30 heavy (non-hydrogen) atoms. The molecular weight excluding hydrogens is 473 g/mol. The molecular formula is C13H9F15O2. The fourth-order valence-corrected chi connectivity index (χ4v) is 1.69. The number of alkyl halides is 15. The van der Waals surface area contributed by atoms with Gasteiger partial charge < -0.3 is 4.74 Å². The Balaban J connectivity index is 5.90. The van der Waals surface area contributed by atoms with Crippen LogP contribution in [0, 0.1) is 0 Å². The summed E-state index contributed by atoms with van der Waals surface area (Å²) in [7, 11) is 0. The highest BCUT2D eigenvalue weighted by Crippen LogP contribution is 2.61. The maximum absolute atomic E-state index is 13.4. The van der Waals surface area contributed by atoms with Crippen LogP contribution < -0.4 is 0 Å². The summed E-state index contributed by atoms with van der Waals surface area (Å²) >= 11 is 0. The number of carbonyl (C=O) groups is 1. The van der Waals surface area contributed by atoms with Crippen molar-refractivity contribution in [2.24, 2.45) is 0 Å². The van der Waals surface area contributed by atoms with E-state index in [2.05, 4.69) is 11.3 Å². The van der Waals surface area contributed by atoms with Gasteiger partial charge >= 0.3 is 41.8 Å². The highest BCUT2D eigenvalue weighted by Gasteiger charge is 2.90. The number of ether oxygens (including phenoxy) is 1. The Bertz CT molecular complexity index is 635. The quantitative estimate of drug-likeness (QED) is 0.221. The lowest BCUT2D eigenvalue weighted by molar-refractivity contribution is -0.442. The molecule has 0 heterocycles. The lowest BCUT2D eigenvalue weighted by Crippen LogP contribution is -2.70. The molecule has 0 aromatic heterocycles. The first-order valence-electron chi connectivity index (χ1n) is 7.04. The normalized spacial score (nSPS) is 15.2. The molecule has 0 radical (unpaired) electrons. The van der Waals surface area contributed by atoms with Crippen LogP contribution >= 0.6 is 0 Å². The van der Waals surface area contributed by atoms with E-state index >= 15 is 0 Å². The van der Waals surface area contributed by atoms with Crippen molar-refractivity contribution in [2.45, 2.75) is 54.6 Å². The van der Waals surface area contributed by atoms with E-state index in [0.717, 1.165) is 0 Å². The minimum Gasteiger partial charge on any atom is -0.462 e. The second kappa shape index (κ2) is 8.01. The summed E-state index contributed by atoms with van der Waals surface area (Å²) in [5.74, 6) is -45.5. The van der Waals surface area contributed by atoms with Crippen LogP contribution in [0.2, 0.25) is 0 Å². The van der Waals surface area contributed by atoms with Crippen LogP contribution in [0.25, 0.3) is 0 Å². The second-order valence-corrected chi connectivity index (χ2v) is 5.65. The molecule has 0 spiro atoms. The summed E-state index contributed by atoms with van der Waals surface area (Å²) in [6.45, 7) is 1.29. The Morgan fingerprint density at radius 3 is 1.47 bits per heavy atom. The number of carbonyl (C=O) groups excluding carboxylic acids is 1. The lowest BCUT2D eigenvalue weighted by atomic mass is 9.91. The summed E-state index contributed by atoms with van der Waals surface area (Å²) in [5.41, 5.74) is 0. The van der Waals surface area contributed by atoms with Gasteiger partial charge in [0.05, 0.1) is 13.0 Å². The van der Waals surface area contributed by atoms with E-state index in [1.165, 1.54) is 0 Å². The monoisotopic (exact) mass is 482 g/mol. The average Bonchev–Trinajstić information content (AvgIpc) is 2.51. The van der Waals surface area contributed by atoms with Crippen LogP contribution in [0.15, 0.2) is 12.7 Å². The first kappa shape index (κ1) is 28.2. The number of esters is 1. The van der Waals surface area contributed by atoms with Crippen LogP contribution in [-0.2, 0) is 9.53 Å². The Morgan fingerprint density at radius 1 is 0.700 bits per heavy atom. The Labute approximate surface area is 156 Å². The van der Waals surface area contributed by atoms with E-state index in [1.807, 2.05) is 0 Å². The molecule has 0 aliphatic heterocycles. The predicted molar refractivity (Wildman–Crippen MR) is 66.1 cm³/mol. The summed E-state index contributed by atoms with van der Waals surface area (Å²) < 4.78 is 197. The van der Waals surface area contributed by atoms with Gasteiger partial charge in [0.15, 0.2) is 0 Å². The van der Waals surface area contributed by atoms with Gasteiger partial charge in [-0.15, -0.1) is 0 Å². The Kier molecular flexibility index (Phi) is 7.52. The van der Waals surface area contributed by atoms with Crippen LogP contribution in [0.5, 0.6) is 0 Å². The third kappa shape index (κ3) is 4.90. The lowest BCUT2D eigenvalue weighted by Gasteiger charge is -2.40. The standard InChI is InChI=1S/C13H9F15O2/c1-2-6(29)30-4-3-7(14,15)5-8(16,17)9(18,19)10(20,21)11(22,23)12(24,25)13(26,27)28/h2H,1,3-5H2. The van der Waals surface area contributed by atoms with E-state index < -0.39 is 67.1 Å². The third-order valence-electron chi connectivity index (χ3n) is 3.36. The van der Waals surface area contributed by atoms with Gasteiger partial charge in [-0.1, -0.05) is 6.58 Å². The molecule has 0 aliphatic carbocycles. The smallest absolute Gasteiger partial charge is 0.460 e. The molecule has 0 rings (SSSR count). The van der Waals surface area contributed by atoms with Crippen LogP contribution in [-0.4, -0.2) is 54.3 Å². The minimum atomic E-state index is -8.17. The van der Waals surface area contributed by atoms with Crippen molar-refractivity contribution in [3.63, 3.8) is 0 Å². The second-order valence-electron chi connectivity index (χ2n) is 5.65. The summed E-state index contributed by atoms with van der Waals surface area (Å²) in [4.78, 5) is 10.6. The molecule has 0 fully saturated rings. The van der Waals surface area contributed by atoms with E-state index in [4.69, 9.17) is 0 Å². The molecule has 0 saturated carbocycles. The highest BCUT2D eigenvalue weighted by atomic mass is 19.4. The van der Waals surface area contributed by atoms with Gasteiger partial charge in [-0.2, -0.15) is 57.1 Å². The maximum Gasteiger partial charge on any atom is 0.460 e. The van der Waals surface area contributed by atoms with Crippen LogP contribution in [0.3, 0.4) is 0 Å². The Morgan fingerprint density at radius 2 is 1.10 bits per heavy atom. The average molecular weight is 482 g/mol. The topological polar surface area (TPSA) is 26.3 Å². The number of hydrogen-bond donors (Lipinski definition) is 0. The molecule has 178 valence electrons. The van der Waals surface area contributed by atoms with Gasteiger partial charge in [0, 0.05) is 12.5 Å². The van der Waals surface area contributed by atoms with Crippen molar-refractivity contribution in [3.05, 3.63) is 12.7 Å². The minimum absolute atomic E-state index is 0.379. The molecule has 0 atom stereocenters. The molecule has 0 aromatic carbocycles. The van der Waals surface area contributed by atoms with Crippen molar-refractivity contribution >= 4 is 5.97 Å². The van der Waals surface area contributed by atoms with Gasteiger partial charge in [-0.05, 0) is 0 Å². The molecule has 2 nitrogen and oxygen atoms in total. The van der Waals surface area contributed by atoms with Crippen molar-refractivity contribution in [2.75, 3.05) is 6.61 Å². The zero-order valence-corrected chi connectivity index (χ0v) is 13.9. The molecule has 0 N–H and O–H groups in total. The van der Waals surface area contributed by atoms with Gasteiger partial charge in [0.25, 0.3) is 5.92 Å². The van der Waals surface area contributed by atoms with E-state index in [1.54, 1.807) is 0 Å². The van der Waals surface area contributed by atoms with Crippen molar-refractivity contribution in [1.29, 1.82) is 0 Å². The van der Waals surface area contributed by atoms with Gasteiger partial charge in [0.2, 0.25) is 0 Å². The SMILES string of the molecule is C=CC(=O)OCCC(F)(F)CC(F)(F)C(F)(F)C(F)(F)C(F)(F)C(F)(F)C(F)(F)F. The number of rotatable bonds is 10. The first-order chi connectivity index (χ1) is 12.9. The molecule has 0 unspecified atom stereocenters. The molecule has 0 bridgehead atoms. The Hall–Kier alpha value is -1.84. The molecule has 0 amide bonds. The van der Waals surface area contributed by atoms with Gasteiger partial charge in [-0.3, -0.25) is 0 Å². The largest absolute Gasteiger partial charge is 0.462 e. The van der Waals surface area contributed by atoms with Gasteiger partial charge in [0.1, 0.15) is 0 Å². The number of halogens is 15. The van der Waals surface area contributed by atoms with Crippen LogP contribution in [0.4, 0.5) is 65.9 Å². The van der Waals surface area contributed by atoms with E-state index in [0.29, 0.717) is 6.08 Å². The predicted octanol–water partition coefficient (Wildman–Crippen LogP) is 5.87. The molecule has 17 heteroatoms. The summed E-state index contributed by atoms with van der Waals surface area (Å²) in [6.07, 6.45) is -13.0. The zero-order chi connectivity index (χ0) is 24.6. The van der Waals surface area contributed by atoms with E-state index in [-0.39, 0.29) is 0 Å². The maximum atomic E-state index is 13.4. The first-order valence-corrected chi connectivity index (χ1v) is 7.04. The fourth-order valence-electron chi connectivity index (χ4n) is 1.69. The zero-order valence-electron chi connectivity index (χ0n) is 13.9. The third-order valence-corrected chi connectivity index (χ3v) is 3.36. The van der Waals surface area contributed by atoms with E-state index in [9.17, 15) is 70.7 Å². The molecule has 0 aliphatic rings. The fraction of sp³-hybridized carbons (Fsp3) is 0.769. The van der Waals surface area contributed by atoms with Crippen LogP contribution in [0.1, 0.15) is 12.8 Å². The van der Waals surface area contributed by atoms with Gasteiger partial charge in [-0.25, -0.2) is 13.6 Å². The van der Waals surface area contributed by atoms with Crippen molar-refractivity contribution in [1.82, 2.24) is 0 Å². The van der Waals surface area contributed by atoms with Crippen molar-refractivity contribution in [3.8, 4) is 0 Å². The molecule has 0 aromatic rings. The summed E-state index contributed by atoms with van der Waals surface area (Å²) in [5, 5.41) is 0.